The van der Waals surface area contributed by atoms with Gasteiger partial charge in [-0.25, -0.2) is 9.78 Å². The van der Waals surface area contributed by atoms with E-state index in [0.29, 0.717) is 17.9 Å². The Hall–Kier alpha value is -3.81. The highest BCUT2D eigenvalue weighted by Gasteiger charge is 2.22. The molecule has 0 aliphatic carbocycles. The van der Waals surface area contributed by atoms with Gasteiger partial charge in [-0.15, -0.1) is 0 Å². The highest BCUT2D eigenvalue weighted by atomic mass is 16.2. The van der Waals surface area contributed by atoms with Crippen LogP contribution in [-0.2, 0) is 20.1 Å². The molecule has 0 fully saturated rings. The molecule has 0 aliphatic heterocycles. The fourth-order valence-corrected chi connectivity index (χ4v) is 3.23. The largest absolute Gasteiger partial charge is 0.329 e. The number of aromatic amines is 1. The number of rotatable bonds is 5. The zero-order chi connectivity index (χ0) is 20.5. The molecule has 1 aromatic carbocycles. The van der Waals surface area contributed by atoms with Gasteiger partial charge in [-0.3, -0.25) is 19.1 Å². The second-order valence-corrected chi connectivity index (χ2v) is 6.94. The summed E-state index contributed by atoms with van der Waals surface area (Å²) in [5, 5.41) is 0. The monoisotopic (exact) mass is 390 g/mol. The third-order valence-electron chi connectivity index (χ3n) is 4.87. The van der Waals surface area contributed by atoms with Crippen LogP contribution >= 0.6 is 0 Å². The van der Waals surface area contributed by atoms with Crippen molar-refractivity contribution in [3.63, 3.8) is 0 Å². The molecular formula is C21H20N5O3+. The zero-order valence-electron chi connectivity index (χ0n) is 16.1. The van der Waals surface area contributed by atoms with Crippen LogP contribution in [0.3, 0.4) is 0 Å². The number of H-pyrrole nitrogens is 1. The molecule has 0 bridgehead atoms. The predicted octanol–water partition coefficient (Wildman–Crippen LogP) is 0.950. The topological polar surface area (TPSA) is 93.6 Å². The van der Waals surface area contributed by atoms with Crippen LogP contribution in [0.15, 0.2) is 64.4 Å². The van der Waals surface area contributed by atoms with Gasteiger partial charge in [0.25, 0.3) is 5.56 Å². The minimum Gasteiger partial charge on any atom is -0.309 e. The lowest BCUT2D eigenvalue weighted by atomic mass is 10.1. The first-order valence-electron chi connectivity index (χ1n) is 9.16. The first kappa shape index (κ1) is 18.5. The average Bonchev–Trinajstić information content (AvgIpc) is 3.07. The number of fused-ring (bicyclic) bond motifs is 1. The average molecular weight is 390 g/mol. The number of ketones is 1. The molecule has 4 rings (SSSR count). The van der Waals surface area contributed by atoms with E-state index in [1.807, 2.05) is 42.1 Å². The van der Waals surface area contributed by atoms with Crippen LogP contribution in [0.1, 0.15) is 21.7 Å². The highest BCUT2D eigenvalue weighted by molar-refractivity contribution is 5.96. The number of aromatic nitrogens is 5. The molecule has 8 nitrogen and oxygen atoms in total. The lowest BCUT2D eigenvalue weighted by Crippen LogP contribution is -2.35. The molecule has 0 unspecified atom stereocenters. The van der Waals surface area contributed by atoms with Gasteiger partial charge < -0.3 is 4.57 Å². The molecule has 0 amide bonds. The molecule has 0 radical (unpaired) electrons. The second-order valence-electron chi connectivity index (χ2n) is 6.94. The molecule has 0 aliphatic rings. The number of imidazole rings is 1. The Morgan fingerprint density at radius 3 is 2.48 bits per heavy atom. The third-order valence-corrected chi connectivity index (χ3v) is 4.87. The van der Waals surface area contributed by atoms with E-state index in [2.05, 4.69) is 9.97 Å². The second kappa shape index (κ2) is 7.31. The van der Waals surface area contributed by atoms with Gasteiger partial charge in [0, 0.05) is 24.7 Å². The minimum absolute atomic E-state index is 0.0520. The quantitative estimate of drug-likeness (QED) is 0.406. The summed E-state index contributed by atoms with van der Waals surface area (Å²) in [5.41, 5.74) is 1.02. The molecule has 8 heteroatoms. The Kier molecular flexibility index (Phi) is 4.67. The van der Waals surface area contributed by atoms with Gasteiger partial charge in [-0.05, 0) is 12.5 Å². The van der Waals surface area contributed by atoms with Crippen molar-refractivity contribution in [2.24, 2.45) is 7.05 Å². The first-order chi connectivity index (χ1) is 13.9. The van der Waals surface area contributed by atoms with Gasteiger partial charge in [-0.2, -0.15) is 4.57 Å². The maximum absolute atomic E-state index is 12.8. The molecular weight excluding hydrogens is 370 g/mol. The van der Waals surface area contributed by atoms with Crippen molar-refractivity contribution in [2.75, 3.05) is 0 Å². The molecule has 3 heterocycles. The van der Waals surface area contributed by atoms with Crippen molar-refractivity contribution >= 4 is 16.9 Å². The lowest BCUT2D eigenvalue weighted by Gasteiger charge is -2.07. The smallest absolute Gasteiger partial charge is 0.309 e. The maximum Gasteiger partial charge on any atom is 0.329 e. The van der Waals surface area contributed by atoms with Gasteiger partial charge in [0.1, 0.15) is 0 Å². The van der Waals surface area contributed by atoms with Gasteiger partial charge in [0.15, 0.2) is 35.2 Å². The van der Waals surface area contributed by atoms with Crippen molar-refractivity contribution in [3.8, 4) is 0 Å². The van der Waals surface area contributed by atoms with Crippen LogP contribution in [0, 0.1) is 6.92 Å². The Bertz CT molecular complexity index is 1310. The maximum atomic E-state index is 12.8. The molecule has 0 saturated carbocycles. The van der Waals surface area contributed by atoms with Gasteiger partial charge >= 0.3 is 5.69 Å². The Morgan fingerprint density at radius 2 is 1.79 bits per heavy atom. The van der Waals surface area contributed by atoms with Gasteiger partial charge in [0.05, 0.1) is 6.54 Å². The number of aryl methyl sites for hydroxylation is 2. The molecule has 3 aromatic heterocycles. The summed E-state index contributed by atoms with van der Waals surface area (Å²) < 4.78 is 4.78. The molecule has 0 spiro atoms. The van der Waals surface area contributed by atoms with Crippen molar-refractivity contribution in [1.82, 2.24) is 19.1 Å². The Morgan fingerprint density at radius 1 is 1.10 bits per heavy atom. The van der Waals surface area contributed by atoms with Crippen LogP contribution in [0.5, 0.6) is 0 Å². The summed E-state index contributed by atoms with van der Waals surface area (Å²) in [6.45, 7) is 2.29. The van der Waals surface area contributed by atoms with Crippen molar-refractivity contribution in [1.29, 1.82) is 0 Å². The van der Waals surface area contributed by atoms with E-state index >= 15 is 0 Å². The first-order valence-corrected chi connectivity index (χ1v) is 9.16. The van der Waals surface area contributed by atoms with Gasteiger partial charge in [-0.1, -0.05) is 30.3 Å². The predicted molar refractivity (Wildman–Crippen MR) is 107 cm³/mol. The highest BCUT2D eigenvalue weighted by Crippen LogP contribution is 2.13. The number of carbonyl (C=O) groups is 1. The van der Waals surface area contributed by atoms with Crippen molar-refractivity contribution < 1.29 is 9.36 Å². The van der Waals surface area contributed by atoms with E-state index in [-0.39, 0.29) is 23.5 Å². The van der Waals surface area contributed by atoms with Crippen LogP contribution in [-0.4, -0.2) is 24.9 Å². The number of hydrogen-bond acceptors (Lipinski definition) is 4. The number of Topliss-reactive ketones (excluding diaryl/α,β-unsaturated/α-hetero) is 1. The summed E-state index contributed by atoms with van der Waals surface area (Å²) in [6.07, 6.45) is 3.81. The number of pyridine rings is 1. The van der Waals surface area contributed by atoms with Crippen LogP contribution in [0.25, 0.3) is 11.2 Å². The van der Waals surface area contributed by atoms with Crippen molar-refractivity contribution in [3.05, 3.63) is 92.6 Å². The third kappa shape index (κ3) is 3.52. The molecule has 146 valence electrons. The summed E-state index contributed by atoms with van der Waals surface area (Å²) >= 11 is 0. The number of carbonyl (C=O) groups excluding carboxylic acids is 1. The standard InChI is InChI=1S/C21H19N5O3/c1-14-8-10-25(11-9-14)13-17-22-19-18(20(28)23-21(29)24(19)2)26(17)12-16(27)15-6-4-3-5-7-15/h3-11H,12-13H2,1-2H3/p+1. The van der Waals surface area contributed by atoms with E-state index in [0.717, 1.165) is 5.56 Å². The number of benzene rings is 1. The van der Waals surface area contributed by atoms with E-state index in [9.17, 15) is 14.4 Å². The fraction of sp³-hybridized carbons (Fsp3) is 0.190. The van der Waals surface area contributed by atoms with E-state index < -0.39 is 11.2 Å². The van der Waals surface area contributed by atoms with Crippen LogP contribution < -0.4 is 15.8 Å². The Labute approximate surface area is 165 Å². The lowest BCUT2D eigenvalue weighted by molar-refractivity contribution is -0.689. The molecule has 29 heavy (non-hydrogen) atoms. The molecule has 4 aromatic rings. The Balaban J connectivity index is 1.86. The summed E-state index contributed by atoms with van der Waals surface area (Å²) in [6, 6.07) is 12.8. The SMILES string of the molecule is Cc1cc[n+](Cc2nc3c(c(=O)[nH]c(=O)n3C)n2CC(=O)c2ccccc2)cc1. The molecule has 1 N–H and O–H groups in total. The van der Waals surface area contributed by atoms with Crippen LogP contribution in [0.2, 0.25) is 0 Å². The molecule has 0 atom stereocenters. The summed E-state index contributed by atoms with van der Waals surface area (Å²) in [4.78, 5) is 44.2. The number of hydrogen-bond donors (Lipinski definition) is 1. The molecule has 0 saturated heterocycles. The fourth-order valence-electron chi connectivity index (χ4n) is 3.23. The van der Waals surface area contributed by atoms with E-state index in [4.69, 9.17) is 0 Å². The van der Waals surface area contributed by atoms with Gasteiger partial charge in [0.2, 0.25) is 6.54 Å². The number of nitrogens with one attached hydrogen (secondary N) is 1. The summed E-state index contributed by atoms with van der Waals surface area (Å²) in [5.74, 6) is 0.373. The van der Waals surface area contributed by atoms with Crippen molar-refractivity contribution in [2.45, 2.75) is 20.0 Å². The van der Waals surface area contributed by atoms with Crippen LogP contribution in [0.4, 0.5) is 0 Å². The number of nitrogens with zero attached hydrogens (tertiary/aromatic N) is 4. The minimum atomic E-state index is -0.559. The normalized spacial score (nSPS) is 11.1. The van der Waals surface area contributed by atoms with E-state index in [1.165, 1.54) is 4.57 Å². The van der Waals surface area contributed by atoms with E-state index in [1.54, 1.807) is 35.9 Å². The zero-order valence-corrected chi connectivity index (χ0v) is 16.1. The summed E-state index contributed by atoms with van der Waals surface area (Å²) in [7, 11) is 1.54.